The number of esters is 1. The molecule has 1 amide bonds. The highest BCUT2D eigenvalue weighted by molar-refractivity contribution is 7.14. The molecule has 0 saturated heterocycles. The number of hydrogen-bond acceptors (Lipinski definition) is 6. The first-order valence-corrected chi connectivity index (χ1v) is 10.3. The van der Waals surface area contributed by atoms with Crippen molar-refractivity contribution >= 4 is 57.6 Å². The third-order valence-electron chi connectivity index (χ3n) is 4.29. The summed E-state index contributed by atoms with van der Waals surface area (Å²) >= 11 is 7.33. The van der Waals surface area contributed by atoms with Crippen LogP contribution in [0.15, 0.2) is 64.6 Å². The number of nitrogens with zero attached hydrogens (tertiary/aromatic N) is 3. The second-order valence-corrected chi connectivity index (χ2v) is 7.86. The Kier molecular flexibility index (Phi) is 5.48. The van der Waals surface area contributed by atoms with E-state index in [4.69, 9.17) is 16.3 Å². The van der Waals surface area contributed by atoms with Gasteiger partial charge in [-0.3, -0.25) is 9.69 Å². The maximum atomic E-state index is 12.2. The molecule has 150 valence electrons. The molecular weight excluding hydrogens is 422 g/mol. The number of anilines is 2. The molecule has 1 aliphatic heterocycles. The zero-order chi connectivity index (χ0) is 21.3. The molecular formula is C22H16ClN3O3S. The van der Waals surface area contributed by atoms with Gasteiger partial charge in [0.1, 0.15) is 0 Å². The van der Waals surface area contributed by atoms with Crippen LogP contribution in [0.3, 0.4) is 0 Å². The van der Waals surface area contributed by atoms with Crippen molar-refractivity contribution in [1.29, 1.82) is 0 Å². The van der Waals surface area contributed by atoms with Gasteiger partial charge in [0.15, 0.2) is 10.8 Å². The van der Waals surface area contributed by atoms with Crippen molar-refractivity contribution in [3.63, 3.8) is 0 Å². The van der Waals surface area contributed by atoms with E-state index in [0.29, 0.717) is 21.5 Å². The van der Waals surface area contributed by atoms with E-state index in [1.165, 1.54) is 23.2 Å². The van der Waals surface area contributed by atoms with E-state index in [2.05, 4.69) is 9.98 Å². The molecule has 8 heteroatoms. The lowest BCUT2D eigenvalue weighted by atomic mass is 10.1. The predicted octanol–water partition coefficient (Wildman–Crippen LogP) is 5.13. The third kappa shape index (κ3) is 4.17. The van der Waals surface area contributed by atoms with Crippen LogP contribution in [-0.4, -0.2) is 22.8 Å². The summed E-state index contributed by atoms with van der Waals surface area (Å²) in [7, 11) is 0. The SMILES string of the molecule is CC(=O)N(c1cccc(Cl)c1)c1nc(/C=C2\N=C(c3ccc(C)cc3)OC2=O)cs1. The molecule has 4 rings (SSSR count). The summed E-state index contributed by atoms with van der Waals surface area (Å²) in [5, 5.41) is 2.73. The van der Waals surface area contributed by atoms with E-state index >= 15 is 0 Å². The number of aliphatic imine (C=N–C) groups is 1. The quantitative estimate of drug-likeness (QED) is 0.418. The van der Waals surface area contributed by atoms with Gasteiger partial charge >= 0.3 is 5.97 Å². The minimum Gasteiger partial charge on any atom is -0.402 e. The monoisotopic (exact) mass is 437 g/mol. The molecule has 0 N–H and O–H groups in total. The second kappa shape index (κ2) is 8.22. The number of aryl methyl sites for hydroxylation is 1. The number of hydrogen-bond donors (Lipinski definition) is 0. The van der Waals surface area contributed by atoms with Gasteiger partial charge < -0.3 is 4.74 Å². The summed E-state index contributed by atoms with van der Waals surface area (Å²) in [4.78, 5) is 34.7. The summed E-state index contributed by atoms with van der Waals surface area (Å²) < 4.78 is 5.29. The highest BCUT2D eigenvalue weighted by atomic mass is 35.5. The van der Waals surface area contributed by atoms with E-state index in [-0.39, 0.29) is 17.5 Å². The molecule has 2 heterocycles. The lowest BCUT2D eigenvalue weighted by Gasteiger charge is -2.18. The number of amides is 1. The Balaban J connectivity index is 1.63. The first kappa shape index (κ1) is 20.0. The third-order valence-corrected chi connectivity index (χ3v) is 5.37. The molecule has 1 aromatic heterocycles. The van der Waals surface area contributed by atoms with Crippen molar-refractivity contribution in [3.05, 3.63) is 81.5 Å². The van der Waals surface area contributed by atoms with Crippen LogP contribution in [0.25, 0.3) is 6.08 Å². The van der Waals surface area contributed by atoms with E-state index in [1.54, 1.807) is 35.7 Å². The average molecular weight is 438 g/mol. The van der Waals surface area contributed by atoms with E-state index in [1.807, 2.05) is 31.2 Å². The summed E-state index contributed by atoms with van der Waals surface area (Å²) in [6, 6.07) is 14.5. The summed E-state index contributed by atoms with van der Waals surface area (Å²) in [5.74, 6) is -0.491. The van der Waals surface area contributed by atoms with Gasteiger partial charge in [0.25, 0.3) is 0 Å². The fourth-order valence-electron chi connectivity index (χ4n) is 2.86. The number of carbonyl (C=O) groups is 2. The minimum atomic E-state index is -0.543. The fourth-order valence-corrected chi connectivity index (χ4v) is 3.89. The van der Waals surface area contributed by atoms with Gasteiger partial charge in [-0.05, 0) is 43.3 Å². The Morgan fingerprint density at radius 2 is 1.97 bits per heavy atom. The van der Waals surface area contributed by atoms with E-state index in [0.717, 1.165) is 11.1 Å². The maximum Gasteiger partial charge on any atom is 0.363 e. The van der Waals surface area contributed by atoms with Crippen molar-refractivity contribution in [3.8, 4) is 0 Å². The molecule has 3 aromatic rings. The lowest BCUT2D eigenvalue weighted by molar-refractivity contribution is -0.130. The van der Waals surface area contributed by atoms with Gasteiger partial charge in [0.2, 0.25) is 11.8 Å². The van der Waals surface area contributed by atoms with Gasteiger partial charge in [-0.25, -0.2) is 14.8 Å². The van der Waals surface area contributed by atoms with Crippen LogP contribution >= 0.6 is 22.9 Å². The summed E-state index contributed by atoms with van der Waals surface area (Å²) in [6.07, 6.45) is 1.54. The molecule has 0 atom stereocenters. The van der Waals surface area contributed by atoms with Crippen molar-refractivity contribution in [2.75, 3.05) is 4.90 Å². The molecule has 1 aliphatic rings. The maximum absolute atomic E-state index is 12.2. The highest BCUT2D eigenvalue weighted by Gasteiger charge is 2.25. The predicted molar refractivity (Wildman–Crippen MR) is 118 cm³/mol. The van der Waals surface area contributed by atoms with Crippen LogP contribution in [0.5, 0.6) is 0 Å². The van der Waals surface area contributed by atoms with Crippen molar-refractivity contribution in [1.82, 2.24) is 4.98 Å². The molecule has 2 aromatic carbocycles. The van der Waals surface area contributed by atoms with Crippen LogP contribution in [0.4, 0.5) is 10.8 Å². The number of cyclic esters (lactones) is 1. The molecule has 0 saturated carbocycles. The second-order valence-electron chi connectivity index (χ2n) is 6.59. The average Bonchev–Trinajstić information content (AvgIpc) is 3.30. The molecule has 6 nitrogen and oxygen atoms in total. The Hall–Kier alpha value is -3.29. The standard InChI is InChI=1S/C22H16ClN3O3S/c1-13-6-8-15(9-7-13)20-25-19(21(28)29-20)11-17-12-30-22(24-17)26(14(2)27)18-5-3-4-16(23)10-18/h3-12H,1-2H3/b19-11-. The van der Waals surface area contributed by atoms with Crippen molar-refractivity contribution < 1.29 is 14.3 Å². The highest BCUT2D eigenvalue weighted by Crippen LogP contribution is 2.31. The summed E-state index contributed by atoms with van der Waals surface area (Å²) in [6.45, 7) is 3.43. The molecule has 0 bridgehead atoms. The van der Waals surface area contributed by atoms with Crippen molar-refractivity contribution in [2.24, 2.45) is 4.99 Å². The van der Waals surface area contributed by atoms with Crippen molar-refractivity contribution in [2.45, 2.75) is 13.8 Å². The Labute approximate surface area is 182 Å². The number of rotatable bonds is 4. The lowest BCUT2D eigenvalue weighted by Crippen LogP contribution is -2.22. The van der Waals surface area contributed by atoms with E-state index < -0.39 is 5.97 Å². The Bertz CT molecular complexity index is 1200. The first-order chi connectivity index (χ1) is 14.4. The largest absolute Gasteiger partial charge is 0.402 e. The van der Waals surface area contributed by atoms with Crippen LogP contribution in [0, 0.1) is 6.92 Å². The zero-order valence-electron chi connectivity index (χ0n) is 16.1. The fraction of sp³-hybridized carbons (Fsp3) is 0.0909. The minimum absolute atomic E-state index is 0.152. The van der Waals surface area contributed by atoms with Crippen LogP contribution in [-0.2, 0) is 14.3 Å². The number of carbonyl (C=O) groups excluding carboxylic acids is 2. The number of thiazole rings is 1. The van der Waals surface area contributed by atoms with Gasteiger partial charge in [-0.1, -0.05) is 35.4 Å². The zero-order valence-corrected chi connectivity index (χ0v) is 17.7. The molecule has 0 fully saturated rings. The number of halogens is 1. The number of benzene rings is 2. The normalized spacial score (nSPS) is 14.6. The van der Waals surface area contributed by atoms with Crippen LogP contribution in [0.1, 0.15) is 23.7 Å². The van der Waals surface area contributed by atoms with Gasteiger partial charge in [-0.15, -0.1) is 11.3 Å². The van der Waals surface area contributed by atoms with Crippen LogP contribution in [0.2, 0.25) is 5.02 Å². The Morgan fingerprint density at radius 3 is 2.67 bits per heavy atom. The molecule has 30 heavy (non-hydrogen) atoms. The van der Waals surface area contributed by atoms with Gasteiger partial charge in [0, 0.05) is 22.9 Å². The molecule has 0 unspecified atom stereocenters. The first-order valence-electron chi connectivity index (χ1n) is 9.02. The number of aromatic nitrogens is 1. The number of ether oxygens (including phenoxy) is 1. The molecule has 0 spiro atoms. The van der Waals surface area contributed by atoms with E-state index in [9.17, 15) is 9.59 Å². The topological polar surface area (TPSA) is 71.9 Å². The molecule has 0 aliphatic carbocycles. The smallest absolute Gasteiger partial charge is 0.363 e. The van der Waals surface area contributed by atoms with Crippen LogP contribution < -0.4 is 4.90 Å². The van der Waals surface area contributed by atoms with Gasteiger partial charge in [-0.2, -0.15) is 0 Å². The van der Waals surface area contributed by atoms with Gasteiger partial charge in [0.05, 0.1) is 11.4 Å². The molecule has 0 radical (unpaired) electrons. The Morgan fingerprint density at radius 1 is 1.20 bits per heavy atom. The summed E-state index contributed by atoms with van der Waals surface area (Å²) in [5.41, 5.74) is 3.09.